The Morgan fingerprint density at radius 3 is 1.91 bits per heavy atom. The van der Waals surface area contributed by atoms with E-state index in [1.54, 1.807) is 0 Å². The van der Waals surface area contributed by atoms with Crippen LogP contribution in [0.4, 0.5) is 0 Å². The van der Waals surface area contributed by atoms with Crippen molar-refractivity contribution in [2.24, 2.45) is 0 Å². The van der Waals surface area contributed by atoms with Gasteiger partial charge in [0.25, 0.3) is 5.91 Å². The van der Waals surface area contributed by atoms with Crippen molar-refractivity contribution in [2.75, 3.05) is 0 Å². The van der Waals surface area contributed by atoms with Gasteiger partial charge in [-0.2, -0.15) is 0 Å². The first-order valence-corrected chi connectivity index (χ1v) is 8.43. The minimum absolute atomic E-state index is 0.119. The molecule has 2 nitrogen and oxygen atoms in total. The lowest BCUT2D eigenvalue weighted by atomic mass is 9.93. The summed E-state index contributed by atoms with van der Waals surface area (Å²) in [5.41, 5.74) is 2.09. The van der Waals surface area contributed by atoms with E-state index in [0.29, 0.717) is 5.92 Å². The van der Waals surface area contributed by atoms with Gasteiger partial charge in [0, 0.05) is 17.6 Å². The van der Waals surface area contributed by atoms with E-state index in [1.807, 2.05) is 41.3 Å². The van der Waals surface area contributed by atoms with Crippen molar-refractivity contribution >= 4 is 5.91 Å². The summed E-state index contributed by atoms with van der Waals surface area (Å²) in [6.45, 7) is 8.56. The Hall–Kier alpha value is -2.09. The molecule has 0 saturated carbocycles. The zero-order valence-electron chi connectivity index (χ0n) is 14.6. The SMILES string of the molecule is CC(CC(C)N(C(=O)c1ccccc1)C(C)C)c1ccccc1. The van der Waals surface area contributed by atoms with Crippen molar-refractivity contribution < 1.29 is 4.79 Å². The summed E-state index contributed by atoms with van der Waals surface area (Å²) in [4.78, 5) is 14.9. The Morgan fingerprint density at radius 2 is 1.39 bits per heavy atom. The van der Waals surface area contributed by atoms with E-state index in [0.717, 1.165) is 12.0 Å². The summed E-state index contributed by atoms with van der Waals surface area (Å²) in [5.74, 6) is 0.546. The first-order valence-electron chi connectivity index (χ1n) is 8.43. The second kappa shape index (κ2) is 7.96. The van der Waals surface area contributed by atoms with Crippen LogP contribution in [0.15, 0.2) is 60.7 Å². The second-order valence-electron chi connectivity index (χ2n) is 6.57. The molecule has 0 aliphatic rings. The molecule has 1 amide bonds. The van der Waals surface area contributed by atoms with Gasteiger partial charge in [-0.15, -0.1) is 0 Å². The van der Waals surface area contributed by atoms with E-state index in [2.05, 4.69) is 52.0 Å². The van der Waals surface area contributed by atoms with E-state index < -0.39 is 0 Å². The Labute approximate surface area is 140 Å². The lowest BCUT2D eigenvalue weighted by molar-refractivity contribution is 0.0610. The maximum Gasteiger partial charge on any atom is 0.254 e. The standard InChI is InChI=1S/C21H27NO/c1-16(2)22(21(23)20-13-9-6-10-14-20)18(4)15-17(3)19-11-7-5-8-12-19/h5-14,16-18H,15H2,1-4H3. The van der Waals surface area contributed by atoms with Crippen LogP contribution < -0.4 is 0 Å². The van der Waals surface area contributed by atoms with E-state index in [-0.39, 0.29) is 18.0 Å². The van der Waals surface area contributed by atoms with Gasteiger partial charge in [-0.1, -0.05) is 55.5 Å². The number of carbonyl (C=O) groups is 1. The number of hydrogen-bond donors (Lipinski definition) is 0. The predicted molar refractivity (Wildman–Crippen MR) is 96.7 cm³/mol. The van der Waals surface area contributed by atoms with Gasteiger partial charge in [-0.25, -0.2) is 0 Å². The Morgan fingerprint density at radius 1 is 0.870 bits per heavy atom. The van der Waals surface area contributed by atoms with Crippen LogP contribution in [-0.2, 0) is 0 Å². The first-order chi connectivity index (χ1) is 11.0. The third-order valence-corrected chi connectivity index (χ3v) is 4.35. The summed E-state index contributed by atoms with van der Waals surface area (Å²) in [5, 5.41) is 0. The largest absolute Gasteiger partial charge is 0.333 e. The predicted octanol–water partition coefficient (Wildman–Crippen LogP) is 5.12. The Bertz CT molecular complexity index is 606. The van der Waals surface area contributed by atoms with Crippen LogP contribution in [-0.4, -0.2) is 22.9 Å². The van der Waals surface area contributed by atoms with Crippen LogP contribution >= 0.6 is 0 Å². The maximum atomic E-state index is 12.9. The molecular formula is C21H27NO. The normalized spacial score (nSPS) is 13.6. The highest BCUT2D eigenvalue weighted by atomic mass is 16.2. The molecule has 2 atom stereocenters. The summed E-state index contributed by atoms with van der Waals surface area (Å²) in [6, 6.07) is 20.5. The average Bonchev–Trinajstić information content (AvgIpc) is 2.56. The lowest BCUT2D eigenvalue weighted by Gasteiger charge is -2.34. The van der Waals surface area contributed by atoms with Crippen molar-refractivity contribution in [3.63, 3.8) is 0 Å². The number of amides is 1. The molecule has 2 rings (SSSR count). The molecule has 2 aromatic rings. The number of nitrogens with zero attached hydrogens (tertiary/aromatic N) is 1. The number of rotatable bonds is 6. The molecule has 0 bridgehead atoms. The molecule has 0 fully saturated rings. The minimum Gasteiger partial charge on any atom is -0.333 e. The Kier molecular flexibility index (Phi) is 5.97. The monoisotopic (exact) mass is 309 g/mol. The van der Waals surface area contributed by atoms with E-state index in [4.69, 9.17) is 0 Å². The molecular weight excluding hydrogens is 282 g/mol. The fraction of sp³-hybridized carbons (Fsp3) is 0.381. The van der Waals surface area contributed by atoms with Gasteiger partial charge in [0.1, 0.15) is 0 Å². The van der Waals surface area contributed by atoms with Crippen LogP contribution in [0, 0.1) is 0 Å². The summed E-state index contributed by atoms with van der Waals surface area (Å²) in [6.07, 6.45) is 0.959. The Balaban J connectivity index is 2.13. The average molecular weight is 309 g/mol. The van der Waals surface area contributed by atoms with Crippen molar-refractivity contribution in [1.82, 2.24) is 4.90 Å². The summed E-state index contributed by atoms with van der Waals surface area (Å²) < 4.78 is 0. The van der Waals surface area contributed by atoms with Gasteiger partial charge in [-0.05, 0) is 50.8 Å². The maximum absolute atomic E-state index is 12.9. The van der Waals surface area contributed by atoms with Gasteiger partial charge in [-0.3, -0.25) is 4.79 Å². The van der Waals surface area contributed by atoms with E-state index in [1.165, 1.54) is 5.56 Å². The molecule has 0 aromatic heterocycles. The molecule has 2 unspecified atom stereocenters. The van der Waals surface area contributed by atoms with Gasteiger partial charge >= 0.3 is 0 Å². The topological polar surface area (TPSA) is 20.3 Å². The third kappa shape index (κ3) is 4.44. The van der Waals surface area contributed by atoms with Gasteiger partial charge in [0.05, 0.1) is 0 Å². The molecule has 0 N–H and O–H groups in total. The van der Waals surface area contributed by atoms with Crippen molar-refractivity contribution in [3.8, 4) is 0 Å². The van der Waals surface area contributed by atoms with Crippen molar-refractivity contribution in [3.05, 3.63) is 71.8 Å². The van der Waals surface area contributed by atoms with E-state index in [9.17, 15) is 4.79 Å². The molecule has 0 heterocycles. The molecule has 0 aliphatic heterocycles. The number of benzene rings is 2. The molecule has 2 heteroatoms. The van der Waals surface area contributed by atoms with Gasteiger partial charge in [0.2, 0.25) is 0 Å². The summed E-state index contributed by atoms with van der Waals surface area (Å²) >= 11 is 0. The quantitative estimate of drug-likeness (QED) is 0.725. The van der Waals surface area contributed by atoms with E-state index >= 15 is 0 Å². The highest BCUT2D eigenvalue weighted by Gasteiger charge is 2.25. The molecule has 0 saturated heterocycles. The fourth-order valence-corrected chi connectivity index (χ4v) is 3.22. The number of hydrogen-bond acceptors (Lipinski definition) is 1. The van der Waals surface area contributed by atoms with Crippen LogP contribution in [0.2, 0.25) is 0 Å². The zero-order chi connectivity index (χ0) is 16.8. The fourth-order valence-electron chi connectivity index (χ4n) is 3.22. The minimum atomic E-state index is 0.119. The second-order valence-corrected chi connectivity index (χ2v) is 6.57. The van der Waals surface area contributed by atoms with Crippen molar-refractivity contribution in [2.45, 2.75) is 52.1 Å². The van der Waals surface area contributed by atoms with Gasteiger partial charge in [0.15, 0.2) is 0 Å². The highest BCUT2D eigenvalue weighted by molar-refractivity contribution is 5.94. The van der Waals surface area contributed by atoms with Crippen LogP contribution in [0.3, 0.4) is 0 Å². The first kappa shape index (κ1) is 17.3. The van der Waals surface area contributed by atoms with Crippen LogP contribution in [0.1, 0.15) is 56.0 Å². The smallest absolute Gasteiger partial charge is 0.254 e. The molecule has 0 radical (unpaired) electrons. The van der Waals surface area contributed by atoms with Gasteiger partial charge < -0.3 is 4.90 Å². The molecule has 23 heavy (non-hydrogen) atoms. The molecule has 0 spiro atoms. The number of carbonyl (C=O) groups excluding carboxylic acids is 1. The molecule has 0 aliphatic carbocycles. The zero-order valence-corrected chi connectivity index (χ0v) is 14.6. The van der Waals surface area contributed by atoms with Crippen LogP contribution in [0.25, 0.3) is 0 Å². The van der Waals surface area contributed by atoms with Crippen LogP contribution in [0.5, 0.6) is 0 Å². The molecule has 2 aromatic carbocycles. The van der Waals surface area contributed by atoms with Crippen molar-refractivity contribution in [1.29, 1.82) is 0 Å². The third-order valence-electron chi connectivity index (χ3n) is 4.35. The molecule has 122 valence electrons. The highest BCUT2D eigenvalue weighted by Crippen LogP contribution is 2.24. The lowest BCUT2D eigenvalue weighted by Crippen LogP contribution is -2.44. The summed E-state index contributed by atoms with van der Waals surface area (Å²) in [7, 11) is 0.